The van der Waals surface area contributed by atoms with Crippen LogP contribution in [0.4, 0.5) is 0 Å². The minimum Gasteiger partial charge on any atom is -0.387 e. The highest BCUT2D eigenvalue weighted by molar-refractivity contribution is 6.28. The molecule has 19 heavy (non-hydrogen) atoms. The van der Waals surface area contributed by atoms with Gasteiger partial charge in [0.15, 0.2) is 0 Å². The van der Waals surface area contributed by atoms with Crippen molar-refractivity contribution >= 4 is 22.6 Å². The Morgan fingerprint density at radius 2 is 2.11 bits per heavy atom. The van der Waals surface area contributed by atoms with E-state index >= 15 is 0 Å². The highest BCUT2D eigenvalue weighted by Gasteiger charge is 2.26. The Kier molecular flexibility index (Phi) is 3.23. The van der Waals surface area contributed by atoms with Crippen molar-refractivity contribution in [1.82, 2.24) is 14.5 Å². The quantitative estimate of drug-likeness (QED) is 0.855. The predicted molar refractivity (Wildman–Crippen MR) is 75.4 cm³/mol. The van der Waals surface area contributed by atoms with Gasteiger partial charge in [-0.25, -0.2) is 4.98 Å². The van der Waals surface area contributed by atoms with E-state index in [2.05, 4.69) is 14.5 Å². The lowest BCUT2D eigenvalue weighted by Gasteiger charge is -2.19. The number of fused-ring (bicyclic) bond motifs is 1. The molecule has 1 atom stereocenters. The van der Waals surface area contributed by atoms with Gasteiger partial charge in [-0.15, -0.1) is 0 Å². The molecule has 5 heteroatoms. The van der Waals surface area contributed by atoms with Crippen molar-refractivity contribution in [2.24, 2.45) is 0 Å². The van der Waals surface area contributed by atoms with Crippen molar-refractivity contribution in [1.29, 1.82) is 0 Å². The van der Waals surface area contributed by atoms with Crippen LogP contribution in [-0.4, -0.2) is 19.6 Å². The van der Waals surface area contributed by atoms with E-state index in [9.17, 15) is 5.11 Å². The standard InChI is InChI=1S/C14H18ClN3O/c1-8-11-7-16-14(15)17-13(11)18(12(8)9(2)19)10-5-3-4-6-10/h7,9-10,19H,3-6H2,1-2H3. The fourth-order valence-corrected chi connectivity index (χ4v) is 3.41. The minimum absolute atomic E-state index is 0.265. The maximum atomic E-state index is 10.1. The Hall–Kier alpha value is -1.13. The summed E-state index contributed by atoms with van der Waals surface area (Å²) in [5.41, 5.74) is 2.88. The molecule has 0 aromatic carbocycles. The van der Waals surface area contributed by atoms with Crippen LogP contribution in [0, 0.1) is 6.92 Å². The SMILES string of the molecule is Cc1c(C(C)O)n(C2CCCC2)c2nc(Cl)ncc12. The molecular weight excluding hydrogens is 262 g/mol. The minimum atomic E-state index is -0.506. The van der Waals surface area contributed by atoms with E-state index in [4.69, 9.17) is 11.6 Å². The summed E-state index contributed by atoms with van der Waals surface area (Å²) in [6.07, 6.45) is 6.02. The van der Waals surface area contributed by atoms with E-state index in [1.165, 1.54) is 12.8 Å². The summed E-state index contributed by atoms with van der Waals surface area (Å²) in [5, 5.41) is 11.4. The molecule has 1 N–H and O–H groups in total. The Morgan fingerprint density at radius 1 is 1.42 bits per heavy atom. The summed E-state index contributed by atoms with van der Waals surface area (Å²) in [6.45, 7) is 3.83. The number of rotatable bonds is 2. The third-order valence-corrected chi connectivity index (χ3v) is 4.28. The van der Waals surface area contributed by atoms with Crippen LogP contribution in [0.5, 0.6) is 0 Å². The molecule has 1 aliphatic rings. The average Bonchev–Trinajstić information content (AvgIpc) is 2.95. The summed E-state index contributed by atoms with van der Waals surface area (Å²) in [5.74, 6) is 0. The summed E-state index contributed by atoms with van der Waals surface area (Å²) in [6, 6.07) is 0.423. The lowest BCUT2D eigenvalue weighted by Crippen LogP contribution is -2.12. The zero-order chi connectivity index (χ0) is 13.6. The number of aliphatic hydroxyl groups excluding tert-OH is 1. The van der Waals surface area contributed by atoms with Gasteiger partial charge in [0.25, 0.3) is 0 Å². The maximum Gasteiger partial charge on any atom is 0.224 e. The summed E-state index contributed by atoms with van der Waals surface area (Å²) in [7, 11) is 0. The van der Waals surface area contributed by atoms with Crippen LogP contribution in [0.1, 0.15) is 56.0 Å². The number of aryl methyl sites for hydroxylation is 1. The van der Waals surface area contributed by atoms with E-state index in [-0.39, 0.29) is 5.28 Å². The Balaban J connectivity index is 2.30. The highest BCUT2D eigenvalue weighted by Crippen LogP contribution is 2.38. The second-order valence-electron chi connectivity index (χ2n) is 5.37. The Morgan fingerprint density at radius 3 is 2.74 bits per heavy atom. The third-order valence-electron chi connectivity index (χ3n) is 4.10. The zero-order valence-electron chi connectivity index (χ0n) is 11.2. The van der Waals surface area contributed by atoms with Crippen LogP contribution in [0.2, 0.25) is 5.28 Å². The van der Waals surface area contributed by atoms with Crippen LogP contribution >= 0.6 is 11.6 Å². The van der Waals surface area contributed by atoms with Crippen LogP contribution in [0.25, 0.3) is 11.0 Å². The maximum absolute atomic E-state index is 10.1. The smallest absolute Gasteiger partial charge is 0.224 e. The predicted octanol–water partition coefficient (Wildman–Crippen LogP) is 3.56. The van der Waals surface area contributed by atoms with E-state index < -0.39 is 6.10 Å². The van der Waals surface area contributed by atoms with Crippen molar-refractivity contribution in [3.8, 4) is 0 Å². The number of hydrogen-bond acceptors (Lipinski definition) is 3. The van der Waals surface area contributed by atoms with Gasteiger partial charge in [0.2, 0.25) is 5.28 Å². The van der Waals surface area contributed by atoms with E-state index in [1.54, 1.807) is 6.20 Å². The van der Waals surface area contributed by atoms with Gasteiger partial charge >= 0.3 is 0 Å². The molecule has 0 spiro atoms. The summed E-state index contributed by atoms with van der Waals surface area (Å²) < 4.78 is 2.19. The molecule has 4 nitrogen and oxygen atoms in total. The first kappa shape index (κ1) is 12.9. The van der Waals surface area contributed by atoms with Crippen molar-refractivity contribution < 1.29 is 5.11 Å². The zero-order valence-corrected chi connectivity index (χ0v) is 12.0. The summed E-state index contributed by atoms with van der Waals surface area (Å²) >= 11 is 5.94. The first-order valence-corrected chi connectivity index (χ1v) is 7.18. The average molecular weight is 280 g/mol. The van der Waals surface area contributed by atoms with Crippen LogP contribution in [-0.2, 0) is 0 Å². The molecular formula is C14H18ClN3O. The van der Waals surface area contributed by atoms with E-state index in [1.807, 2.05) is 13.8 Å². The van der Waals surface area contributed by atoms with Crippen LogP contribution < -0.4 is 0 Å². The van der Waals surface area contributed by atoms with Gasteiger partial charge in [0.1, 0.15) is 5.65 Å². The van der Waals surface area contributed by atoms with Crippen molar-refractivity contribution in [3.63, 3.8) is 0 Å². The molecule has 2 aromatic heterocycles. The van der Waals surface area contributed by atoms with Gasteiger partial charge in [0, 0.05) is 17.6 Å². The van der Waals surface area contributed by atoms with Gasteiger partial charge in [-0.2, -0.15) is 4.98 Å². The number of halogens is 1. The van der Waals surface area contributed by atoms with Gasteiger partial charge in [-0.1, -0.05) is 12.8 Å². The third kappa shape index (κ3) is 2.03. The van der Waals surface area contributed by atoms with Gasteiger partial charge in [0.05, 0.1) is 11.8 Å². The lowest BCUT2D eigenvalue weighted by atomic mass is 10.1. The number of hydrogen-bond donors (Lipinski definition) is 1. The molecule has 1 fully saturated rings. The second-order valence-corrected chi connectivity index (χ2v) is 5.71. The molecule has 1 aliphatic carbocycles. The fraction of sp³-hybridized carbons (Fsp3) is 0.571. The molecule has 0 amide bonds. The molecule has 0 radical (unpaired) electrons. The topological polar surface area (TPSA) is 50.9 Å². The molecule has 1 unspecified atom stereocenters. The molecule has 102 valence electrons. The number of aromatic nitrogens is 3. The monoisotopic (exact) mass is 279 g/mol. The molecule has 0 saturated heterocycles. The molecule has 2 aromatic rings. The first-order valence-electron chi connectivity index (χ1n) is 6.80. The summed E-state index contributed by atoms with van der Waals surface area (Å²) in [4.78, 5) is 8.46. The van der Waals surface area contributed by atoms with Crippen LogP contribution in [0.15, 0.2) is 6.20 Å². The Bertz CT molecular complexity index is 615. The van der Waals surface area contributed by atoms with E-state index in [0.717, 1.165) is 35.1 Å². The van der Waals surface area contributed by atoms with Crippen molar-refractivity contribution in [2.75, 3.05) is 0 Å². The lowest BCUT2D eigenvalue weighted by molar-refractivity contribution is 0.186. The molecule has 0 bridgehead atoms. The molecule has 3 rings (SSSR count). The normalized spacial score (nSPS) is 18.3. The number of aliphatic hydroxyl groups is 1. The highest BCUT2D eigenvalue weighted by atomic mass is 35.5. The largest absolute Gasteiger partial charge is 0.387 e. The van der Waals surface area contributed by atoms with Crippen molar-refractivity contribution in [3.05, 3.63) is 22.7 Å². The van der Waals surface area contributed by atoms with Crippen LogP contribution in [0.3, 0.4) is 0 Å². The first-order chi connectivity index (χ1) is 9.09. The van der Waals surface area contributed by atoms with E-state index in [0.29, 0.717) is 6.04 Å². The molecule has 1 saturated carbocycles. The van der Waals surface area contributed by atoms with Gasteiger partial charge in [-0.3, -0.25) is 0 Å². The Labute approximate surface area is 117 Å². The number of nitrogens with zero attached hydrogens (tertiary/aromatic N) is 3. The van der Waals surface area contributed by atoms with Crippen molar-refractivity contribution in [2.45, 2.75) is 51.7 Å². The van der Waals surface area contributed by atoms with Gasteiger partial charge in [-0.05, 0) is 43.9 Å². The van der Waals surface area contributed by atoms with Gasteiger partial charge < -0.3 is 9.67 Å². The fourth-order valence-electron chi connectivity index (χ4n) is 3.28. The molecule has 2 heterocycles. The molecule has 0 aliphatic heterocycles. The second kappa shape index (κ2) is 4.76.